The van der Waals surface area contributed by atoms with Crippen LogP contribution in [0.25, 0.3) is 21.8 Å². The summed E-state index contributed by atoms with van der Waals surface area (Å²) in [4.78, 5) is 31.7. The molecule has 0 radical (unpaired) electrons. The number of amides is 1. The van der Waals surface area contributed by atoms with E-state index < -0.39 is 5.54 Å². The Morgan fingerprint density at radius 1 is 1.06 bits per heavy atom. The first-order chi connectivity index (χ1) is 16.8. The maximum Gasteiger partial charge on any atom is 0.252 e. The predicted octanol–water partition coefficient (Wildman–Crippen LogP) is 4.82. The normalized spacial score (nSPS) is 16.6. The third-order valence-electron chi connectivity index (χ3n) is 7.06. The fraction of sp³-hybridized carbons (Fsp3) is 0.310. The molecule has 0 aliphatic carbocycles. The number of nitrogens with zero attached hydrogens (tertiary/aromatic N) is 1. The molecule has 0 spiro atoms. The summed E-state index contributed by atoms with van der Waals surface area (Å²) in [7, 11) is 2.14. The maximum atomic E-state index is 13.2. The van der Waals surface area contributed by atoms with Crippen molar-refractivity contribution in [3.05, 3.63) is 88.1 Å². The van der Waals surface area contributed by atoms with Crippen LogP contribution in [0.15, 0.2) is 71.5 Å². The van der Waals surface area contributed by atoms with Gasteiger partial charge in [0.15, 0.2) is 5.43 Å². The number of rotatable bonds is 6. The Morgan fingerprint density at radius 3 is 2.66 bits per heavy atom. The number of likely N-dealkylation sites (N-methyl/N-ethyl adjacent to an activating group) is 1. The molecule has 180 valence electrons. The van der Waals surface area contributed by atoms with Gasteiger partial charge in [-0.2, -0.15) is 0 Å². The van der Waals surface area contributed by atoms with Gasteiger partial charge in [-0.1, -0.05) is 24.3 Å². The topological polar surface area (TPSA) is 74.4 Å². The highest BCUT2D eigenvalue weighted by Crippen LogP contribution is 2.26. The lowest BCUT2D eigenvalue weighted by molar-refractivity contribution is 0.0912. The van der Waals surface area contributed by atoms with Crippen LogP contribution in [0.4, 0.5) is 0 Å². The van der Waals surface area contributed by atoms with E-state index >= 15 is 0 Å². The molecule has 6 nitrogen and oxygen atoms in total. The van der Waals surface area contributed by atoms with Crippen molar-refractivity contribution in [2.45, 2.75) is 38.3 Å². The minimum atomic E-state index is -0.619. The summed E-state index contributed by atoms with van der Waals surface area (Å²) in [5.41, 5.74) is 2.19. The molecule has 1 aliphatic heterocycles. The number of aromatic nitrogens is 1. The largest absolute Gasteiger partial charge is 0.492 e. The first kappa shape index (κ1) is 23.1. The number of likely N-dealkylation sites (tertiary alicyclic amines) is 1. The lowest BCUT2D eigenvalue weighted by atomic mass is 9.93. The van der Waals surface area contributed by atoms with Crippen LogP contribution in [0.3, 0.4) is 0 Å². The van der Waals surface area contributed by atoms with Crippen molar-refractivity contribution in [1.82, 2.24) is 15.2 Å². The number of nitrogens with one attached hydrogen (secondary N) is 2. The number of fused-ring (bicyclic) bond motifs is 2. The summed E-state index contributed by atoms with van der Waals surface area (Å²) in [5.74, 6) is 0.602. The molecule has 1 aromatic heterocycles. The molecule has 1 aliphatic rings. The van der Waals surface area contributed by atoms with Gasteiger partial charge in [0.25, 0.3) is 5.91 Å². The van der Waals surface area contributed by atoms with Crippen molar-refractivity contribution in [2.24, 2.45) is 0 Å². The summed E-state index contributed by atoms with van der Waals surface area (Å²) in [6.07, 6.45) is 2.37. The van der Waals surface area contributed by atoms with Gasteiger partial charge in [0.2, 0.25) is 0 Å². The maximum absolute atomic E-state index is 13.2. The zero-order valence-electron chi connectivity index (χ0n) is 20.4. The van der Waals surface area contributed by atoms with E-state index in [2.05, 4.69) is 22.2 Å². The second kappa shape index (κ2) is 9.19. The van der Waals surface area contributed by atoms with E-state index in [4.69, 9.17) is 4.74 Å². The van der Waals surface area contributed by atoms with Crippen molar-refractivity contribution in [3.63, 3.8) is 0 Å². The quantitative estimate of drug-likeness (QED) is 0.397. The minimum absolute atomic E-state index is 0.0396. The zero-order valence-corrected chi connectivity index (χ0v) is 20.4. The fourth-order valence-corrected chi connectivity index (χ4v) is 4.85. The summed E-state index contributed by atoms with van der Waals surface area (Å²) in [5, 5.41) is 4.35. The smallest absolute Gasteiger partial charge is 0.252 e. The van der Waals surface area contributed by atoms with Gasteiger partial charge in [-0.05, 0) is 88.3 Å². The summed E-state index contributed by atoms with van der Waals surface area (Å²) >= 11 is 0. The third kappa shape index (κ3) is 4.66. The molecule has 0 unspecified atom stereocenters. The molecular formula is C29H31N3O3. The van der Waals surface area contributed by atoms with E-state index in [-0.39, 0.29) is 11.3 Å². The van der Waals surface area contributed by atoms with Crippen molar-refractivity contribution in [1.29, 1.82) is 0 Å². The molecule has 35 heavy (non-hydrogen) atoms. The third-order valence-corrected chi connectivity index (χ3v) is 7.06. The van der Waals surface area contributed by atoms with Gasteiger partial charge in [-0.3, -0.25) is 9.59 Å². The first-order valence-corrected chi connectivity index (χ1v) is 12.1. The molecule has 1 atom stereocenters. The van der Waals surface area contributed by atoms with Crippen LogP contribution in [0, 0.1) is 0 Å². The molecule has 2 N–H and O–H groups in total. The van der Waals surface area contributed by atoms with Crippen LogP contribution in [0.5, 0.6) is 5.75 Å². The highest BCUT2D eigenvalue weighted by Gasteiger charge is 2.25. The molecule has 3 aromatic carbocycles. The van der Waals surface area contributed by atoms with Crippen molar-refractivity contribution >= 4 is 27.7 Å². The first-order valence-electron chi connectivity index (χ1n) is 12.1. The Bertz CT molecular complexity index is 1460. The van der Waals surface area contributed by atoms with Gasteiger partial charge in [0.05, 0.1) is 11.1 Å². The van der Waals surface area contributed by atoms with E-state index in [1.54, 1.807) is 24.3 Å². The highest BCUT2D eigenvalue weighted by atomic mass is 16.5. The number of ether oxygens (including phenoxy) is 1. The number of carbonyl (C=O) groups is 1. The van der Waals surface area contributed by atoms with Crippen LogP contribution in [-0.4, -0.2) is 42.0 Å². The predicted molar refractivity (Wildman–Crippen MR) is 140 cm³/mol. The molecule has 0 bridgehead atoms. The van der Waals surface area contributed by atoms with E-state index in [0.717, 1.165) is 29.8 Å². The Morgan fingerprint density at radius 2 is 1.86 bits per heavy atom. The van der Waals surface area contributed by atoms with Gasteiger partial charge in [0, 0.05) is 27.9 Å². The van der Waals surface area contributed by atoms with Crippen molar-refractivity contribution < 1.29 is 9.53 Å². The van der Waals surface area contributed by atoms with E-state index in [1.165, 1.54) is 6.42 Å². The standard InChI is InChI=1S/C29H31N3O3/c1-29(2,20-8-6-10-22(17-20)35-18-21-9-7-15-32(21)3)31-28(34)19-13-14-24-26(16-19)30-25-12-5-4-11-23(25)27(24)33/h4-6,8,10-14,16-17,21H,7,9,15,18H2,1-3H3,(H,30,33)(H,31,34)/t21-/m0/s1. The molecule has 4 aromatic rings. The molecule has 5 rings (SSSR count). The second-order valence-corrected chi connectivity index (χ2v) is 9.95. The summed E-state index contributed by atoms with van der Waals surface area (Å²) in [6, 6.07) is 20.9. The Labute approximate surface area is 204 Å². The minimum Gasteiger partial charge on any atom is -0.492 e. The molecule has 0 saturated carbocycles. The number of pyridine rings is 1. The number of carbonyl (C=O) groups excluding carboxylic acids is 1. The SMILES string of the molecule is CN1CCC[C@H]1COc1cccc(C(C)(C)NC(=O)c2ccc3c(=O)c4ccccc4[nH]c3c2)c1. The van der Waals surface area contributed by atoms with Crippen molar-refractivity contribution in [2.75, 3.05) is 20.2 Å². The second-order valence-electron chi connectivity index (χ2n) is 9.95. The fourth-order valence-electron chi connectivity index (χ4n) is 4.85. The van der Waals surface area contributed by atoms with Gasteiger partial charge in [-0.15, -0.1) is 0 Å². The number of H-pyrrole nitrogens is 1. The van der Waals surface area contributed by atoms with Crippen LogP contribution >= 0.6 is 0 Å². The summed E-state index contributed by atoms with van der Waals surface area (Å²) in [6.45, 7) is 5.74. The average molecular weight is 470 g/mol. The van der Waals surface area contributed by atoms with Gasteiger partial charge >= 0.3 is 0 Å². The van der Waals surface area contributed by atoms with Crippen molar-refractivity contribution in [3.8, 4) is 5.75 Å². The Kier molecular flexibility index (Phi) is 6.07. The van der Waals surface area contributed by atoms with E-state index in [9.17, 15) is 9.59 Å². The lowest BCUT2D eigenvalue weighted by Gasteiger charge is -2.28. The lowest BCUT2D eigenvalue weighted by Crippen LogP contribution is -2.41. The van der Waals surface area contributed by atoms with Crippen LogP contribution in [0.1, 0.15) is 42.6 Å². The Hall–Kier alpha value is -3.64. The Balaban J connectivity index is 1.35. The number of aromatic amines is 1. The number of benzene rings is 3. The molecule has 1 fully saturated rings. The number of hydrogen-bond acceptors (Lipinski definition) is 4. The number of para-hydroxylation sites is 1. The van der Waals surface area contributed by atoms with Crippen LogP contribution < -0.4 is 15.5 Å². The zero-order chi connectivity index (χ0) is 24.6. The van der Waals surface area contributed by atoms with Gasteiger partial charge < -0.3 is 19.9 Å². The van der Waals surface area contributed by atoms with Gasteiger partial charge in [-0.25, -0.2) is 0 Å². The highest BCUT2D eigenvalue weighted by molar-refractivity contribution is 6.00. The summed E-state index contributed by atoms with van der Waals surface area (Å²) < 4.78 is 6.09. The van der Waals surface area contributed by atoms with Crippen LogP contribution in [-0.2, 0) is 5.54 Å². The number of hydrogen-bond donors (Lipinski definition) is 2. The molecular weight excluding hydrogens is 438 g/mol. The molecule has 1 saturated heterocycles. The molecule has 1 amide bonds. The monoisotopic (exact) mass is 469 g/mol. The van der Waals surface area contributed by atoms with E-state index in [0.29, 0.717) is 34.5 Å². The average Bonchev–Trinajstić information content (AvgIpc) is 3.27. The molecule has 6 heteroatoms. The van der Waals surface area contributed by atoms with Gasteiger partial charge in [0.1, 0.15) is 12.4 Å². The van der Waals surface area contributed by atoms with E-state index in [1.807, 2.05) is 56.3 Å². The molecule has 2 heterocycles. The van der Waals surface area contributed by atoms with Crippen LogP contribution in [0.2, 0.25) is 0 Å².